The number of rotatable bonds is 11. The minimum atomic E-state index is -0.283. The van der Waals surface area contributed by atoms with Gasteiger partial charge in [-0.3, -0.25) is 19.4 Å². The second-order valence-electron chi connectivity index (χ2n) is 11.0. The largest absolute Gasteiger partial charge is 0.379 e. The van der Waals surface area contributed by atoms with Crippen molar-refractivity contribution in [3.8, 4) is 12.1 Å². The summed E-state index contributed by atoms with van der Waals surface area (Å²) < 4.78 is 9.66. The molecule has 2 amide bonds. The standard InChI is InChI=1S/C34H34N6O3/c35-13-5-7-15-38-23-27(25-9-1-3-11-29(25)38)31-32(34(42)40(33(31)41)18-17-37-19-21-43-22-20-37)28-24-39(16-8-6-14-36)30-12-4-2-10-26(28)30/h1-4,9-12,23-24H,5-8,15-22H2. The van der Waals surface area contributed by atoms with Crippen LogP contribution in [0.15, 0.2) is 60.9 Å². The normalized spacial score (nSPS) is 16.0. The monoisotopic (exact) mass is 574 g/mol. The van der Waals surface area contributed by atoms with Crippen LogP contribution in [0.4, 0.5) is 0 Å². The summed E-state index contributed by atoms with van der Waals surface area (Å²) in [6.45, 7) is 5.00. The number of fused-ring (bicyclic) bond motifs is 2. The van der Waals surface area contributed by atoms with E-state index >= 15 is 0 Å². The molecule has 218 valence electrons. The molecule has 4 aromatic rings. The minimum Gasteiger partial charge on any atom is -0.379 e. The van der Waals surface area contributed by atoms with Crippen LogP contribution in [-0.2, 0) is 27.4 Å². The number of unbranched alkanes of at least 4 members (excludes halogenated alkanes) is 2. The van der Waals surface area contributed by atoms with Crippen LogP contribution >= 0.6 is 0 Å². The molecule has 9 heteroatoms. The number of aromatic nitrogens is 2. The molecule has 43 heavy (non-hydrogen) atoms. The number of benzene rings is 2. The SMILES string of the molecule is N#CCCCn1cc(C2=C(c3cn(CCCC#N)c4ccccc34)C(=O)N(CCN3CCOCC3)C2=O)c2ccccc21. The number of amides is 2. The van der Waals surface area contributed by atoms with Gasteiger partial charge in [0.1, 0.15) is 0 Å². The molecule has 2 aliphatic rings. The molecular formula is C34H34N6O3. The molecule has 0 unspecified atom stereocenters. The van der Waals surface area contributed by atoms with Crippen molar-refractivity contribution in [2.24, 2.45) is 0 Å². The smallest absolute Gasteiger partial charge is 0.262 e. The van der Waals surface area contributed by atoms with Gasteiger partial charge in [0.15, 0.2) is 0 Å². The van der Waals surface area contributed by atoms with Gasteiger partial charge in [0.05, 0.1) is 36.5 Å². The predicted octanol–water partition coefficient (Wildman–Crippen LogP) is 4.82. The van der Waals surface area contributed by atoms with Gasteiger partial charge in [-0.1, -0.05) is 36.4 Å². The van der Waals surface area contributed by atoms with Gasteiger partial charge in [-0.05, 0) is 25.0 Å². The van der Waals surface area contributed by atoms with Crippen LogP contribution in [0, 0.1) is 22.7 Å². The lowest BCUT2D eigenvalue weighted by Gasteiger charge is -2.28. The highest BCUT2D eigenvalue weighted by molar-refractivity contribution is 6.50. The van der Waals surface area contributed by atoms with Gasteiger partial charge in [0.2, 0.25) is 0 Å². The first-order valence-electron chi connectivity index (χ1n) is 14.9. The second kappa shape index (κ2) is 12.7. The molecule has 0 bridgehead atoms. The topological polar surface area (TPSA) is 107 Å². The predicted molar refractivity (Wildman–Crippen MR) is 164 cm³/mol. The Balaban J connectivity index is 1.49. The van der Waals surface area contributed by atoms with E-state index < -0.39 is 0 Å². The van der Waals surface area contributed by atoms with Crippen LogP contribution < -0.4 is 0 Å². The molecule has 0 radical (unpaired) electrons. The molecule has 9 nitrogen and oxygen atoms in total. The Morgan fingerprint density at radius 3 is 1.65 bits per heavy atom. The van der Waals surface area contributed by atoms with Crippen molar-refractivity contribution in [2.45, 2.75) is 38.8 Å². The van der Waals surface area contributed by atoms with Crippen molar-refractivity contribution in [1.29, 1.82) is 10.5 Å². The number of carbonyl (C=O) groups excluding carboxylic acids is 2. The summed E-state index contributed by atoms with van der Waals surface area (Å²) in [4.78, 5) is 32.3. The Kier molecular flexibility index (Phi) is 8.37. The fraction of sp³-hybridized carbons (Fsp3) is 0.353. The van der Waals surface area contributed by atoms with Gasteiger partial charge >= 0.3 is 0 Å². The quantitative estimate of drug-likeness (QED) is 0.188. The maximum absolute atomic E-state index is 14.3. The number of hydrogen-bond donors (Lipinski definition) is 0. The Morgan fingerprint density at radius 2 is 1.16 bits per heavy atom. The molecule has 6 rings (SSSR count). The molecule has 2 aliphatic heterocycles. The molecule has 4 heterocycles. The van der Waals surface area contributed by atoms with Crippen molar-refractivity contribution < 1.29 is 14.3 Å². The van der Waals surface area contributed by atoms with Gasteiger partial charge in [-0.2, -0.15) is 10.5 Å². The molecule has 0 spiro atoms. The Bertz CT molecular complexity index is 1670. The van der Waals surface area contributed by atoms with E-state index in [1.54, 1.807) is 0 Å². The number of aryl methyl sites for hydroxylation is 2. The molecular weight excluding hydrogens is 540 g/mol. The van der Waals surface area contributed by atoms with E-state index in [2.05, 4.69) is 26.2 Å². The highest BCUT2D eigenvalue weighted by atomic mass is 16.5. The van der Waals surface area contributed by atoms with E-state index in [0.29, 0.717) is 76.2 Å². The first kappa shape index (κ1) is 28.4. The van der Waals surface area contributed by atoms with E-state index in [1.165, 1.54) is 4.90 Å². The van der Waals surface area contributed by atoms with Crippen molar-refractivity contribution in [2.75, 3.05) is 39.4 Å². The van der Waals surface area contributed by atoms with E-state index in [4.69, 9.17) is 15.3 Å². The highest BCUT2D eigenvalue weighted by Gasteiger charge is 2.41. The van der Waals surface area contributed by atoms with Gasteiger partial charge in [-0.25, -0.2) is 0 Å². The van der Waals surface area contributed by atoms with Gasteiger partial charge in [-0.15, -0.1) is 0 Å². The number of ether oxygens (including phenoxy) is 1. The van der Waals surface area contributed by atoms with Gasteiger partial charge in [0, 0.05) is 97.4 Å². The number of carbonyl (C=O) groups is 2. The second-order valence-corrected chi connectivity index (χ2v) is 11.0. The molecule has 0 atom stereocenters. The number of nitriles is 2. The molecule has 2 aromatic carbocycles. The van der Waals surface area contributed by atoms with Crippen LogP contribution in [0.25, 0.3) is 33.0 Å². The van der Waals surface area contributed by atoms with Crippen LogP contribution in [0.1, 0.15) is 36.8 Å². The third-order valence-corrected chi connectivity index (χ3v) is 8.40. The van der Waals surface area contributed by atoms with Crippen molar-refractivity contribution in [3.63, 3.8) is 0 Å². The summed E-state index contributed by atoms with van der Waals surface area (Å²) in [5.74, 6) is -0.566. The highest BCUT2D eigenvalue weighted by Crippen LogP contribution is 2.42. The van der Waals surface area contributed by atoms with Crippen LogP contribution in [0.3, 0.4) is 0 Å². The third kappa shape index (κ3) is 5.46. The van der Waals surface area contributed by atoms with Gasteiger partial charge in [0.25, 0.3) is 11.8 Å². The Labute approximate surface area is 250 Å². The van der Waals surface area contributed by atoms with E-state index in [0.717, 1.165) is 46.0 Å². The number of hydrogen-bond acceptors (Lipinski definition) is 6. The Morgan fingerprint density at radius 1 is 0.674 bits per heavy atom. The van der Waals surface area contributed by atoms with Crippen LogP contribution in [0.5, 0.6) is 0 Å². The van der Waals surface area contributed by atoms with Crippen LogP contribution in [0.2, 0.25) is 0 Å². The minimum absolute atomic E-state index is 0.283. The molecule has 0 aliphatic carbocycles. The summed E-state index contributed by atoms with van der Waals surface area (Å²) >= 11 is 0. The Hall–Kier alpha value is -4.70. The number of imide groups is 1. The fourth-order valence-corrected chi connectivity index (χ4v) is 6.26. The summed E-state index contributed by atoms with van der Waals surface area (Å²) in [6.07, 6.45) is 6.20. The summed E-state index contributed by atoms with van der Waals surface area (Å²) in [5, 5.41) is 20.0. The summed E-state index contributed by atoms with van der Waals surface area (Å²) in [6, 6.07) is 20.3. The molecule has 0 saturated carbocycles. The number of nitrogens with zero attached hydrogens (tertiary/aromatic N) is 6. The van der Waals surface area contributed by atoms with E-state index in [9.17, 15) is 9.59 Å². The lowest BCUT2D eigenvalue weighted by atomic mass is 9.95. The first-order valence-corrected chi connectivity index (χ1v) is 14.9. The van der Waals surface area contributed by atoms with Crippen LogP contribution in [-0.4, -0.2) is 70.1 Å². The number of para-hydroxylation sites is 2. The van der Waals surface area contributed by atoms with Crippen molar-refractivity contribution in [1.82, 2.24) is 18.9 Å². The third-order valence-electron chi connectivity index (χ3n) is 8.40. The average Bonchev–Trinajstić information content (AvgIpc) is 3.66. The fourth-order valence-electron chi connectivity index (χ4n) is 6.26. The van der Waals surface area contributed by atoms with Gasteiger partial charge < -0.3 is 13.9 Å². The zero-order valence-electron chi connectivity index (χ0n) is 24.2. The summed E-state index contributed by atoms with van der Waals surface area (Å²) in [5.41, 5.74) is 4.23. The van der Waals surface area contributed by atoms with E-state index in [1.807, 2.05) is 60.9 Å². The van der Waals surface area contributed by atoms with E-state index in [-0.39, 0.29) is 11.8 Å². The molecule has 0 N–H and O–H groups in total. The van der Waals surface area contributed by atoms with Crippen molar-refractivity contribution >= 4 is 44.8 Å². The summed E-state index contributed by atoms with van der Waals surface area (Å²) in [7, 11) is 0. The molecule has 1 fully saturated rings. The lowest BCUT2D eigenvalue weighted by molar-refractivity contribution is -0.136. The molecule has 1 saturated heterocycles. The van der Waals surface area contributed by atoms with Crippen molar-refractivity contribution in [3.05, 3.63) is 72.1 Å². The zero-order chi connectivity index (χ0) is 29.8. The number of morpholine rings is 1. The maximum atomic E-state index is 14.3. The average molecular weight is 575 g/mol. The maximum Gasteiger partial charge on any atom is 0.262 e. The first-order chi connectivity index (χ1) is 21.1. The zero-order valence-corrected chi connectivity index (χ0v) is 24.2. The lowest BCUT2D eigenvalue weighted by Crippen LogP contribution is -2.43. The molecule has 2 aromatic heterocycles.